The van der Waals surface area contributed by atoms with E-state index in [1.807, 2.05) is 0 Å². The first-order valence-corrected chi connectivity index (χ1v) is 7.71. The summed E-state index contributed by atoms with van der Waals surface area (Å²) in [5.74, 6) is 0.0860. The van der Waals surface area contributed by atoms with Crippen LogP contribution in [-0.4, -0.2) is 16.7 Å². The van der Waals surface area contributed by atoms with Crippen molar-refractivity contribution in [1.29, 1.82) is 0 Å². The molecule has 1 fully saturated rings. The molecule has 2 aliphatic heterocycles. The van der Waals surface area contributed by atoms with Crippen molar-refractivity contribution in [3.63, 3.8) is 0 Å². The lowest BCUT2D eigenvalue weighted by atomic mass is 9.90. The van der Waals surface area contributed by atoms with Gasteiger partial charge in [-0.1, -0.05) is 0 Å². The van der Waals surface area contributed by atoms with Crippen molar-refractivity contribution in [2.24, 2.45) is 0 Å². The van der Waals surface area contributed by atoms with Crippen LogP contribution in [0, 0.1) is 15.9 Å². The molecule has 1 N–H and O–H groups in total. The Kier molecular flexibility index (Phi) is 3.18. The molecular weight excluding hydrogens is 329 g/mol. The topological polar surface area (TPSA) is 84.7 Å². The van der Waals surface area contributed by atoms with Crippen LogP contribution < -0.4 is 15.0 Å². The Morgan fingerprint density at radius 3 is 2.72 bits per heavy atom. The van der Waals surface area contributed by atoms with Crippen molar-refractivity contribution < 1.29 is 18.8 Å². The van der Waals surface area contributed by atoms with Crippen LogP contribution in [0.25, 0.3) is 0 Å². The number of carbonyl (C=O) groups is 1. The molecule has 1 saturated heterocycles. The van der Waals surface area contributed by atoms with Crippen LogP contribution in [0.5, 0.6) is 5.75 Å². The van der Waals surface area contributed by atoms with Crippen LogP contribution in [-0.2, 0) is 0 Å². The minimum atomic E-state index is -0.978. The normalized spacial score (nSPS) is 24.2. The van der Waals surface area contributed by atoms with Gasteiger partial charge in [-0.25, -0.2) is 9.18 Å². The molecular formula is C17H14FN3O4. The zero-order chi connectivity index (χ0) is 17.8. The molecule has 128 valence electrons. The van der Waals surface area contributed by atoms with Gasteiger partial charge < -0.3 is 10.1 Å². The van der Waals surface area contributed by atoms with Gasteiger partial charge >= 0.3 is 6.03 Å². The number of benzene rings is 2. The highest BCUT2D eigenvalue weighted by Crippen LogP contribution is 2.46. The SMILES string of the molecule is C[C@@]12C[C@@H](NC(=O)N1c1ccc(F)cc1)c1cc([N+](=O)[O-])ccc1O2. The Labute approximate surface area is 142 Å². The molecule has 2 atom stereocenters. The van der Waals surface area contributed by atoms with E-state index in [4.69, 9.17) is 4.74 Å². The van der Waals surface area contributed by atoms with Crippen molar-refractivity contribution in [1.82, 2.24) is 5.32 Å². The first kappa shape index (κ1) is 15.4. The molecule has 0 spiro atoms. The van der Waals surface area contributed by atoms with E-state index in [0.717, 1.165) is 0 Å². The fraction of sp³-hybridized carbons (Fsp3) is 0.235. The summed E-state index contributed by atoms with van der Waals surface area (Å²) in [5.41, 5.74) is 0.0543. The second-order valence-corrected chi connectivity index (χ2v) is 6.27. The number of anilines is 1. The number of halogens is 1. The van der Waals surface area contributed by atoms with Gasteiger partial charge in [0, 0.05) is 29.8 Å². The lowest BCUT2D eigenvalue weighted by Gasteiger charge is -2.50. The highest BCUT2D eigenvalue weighted by Gasteiger charge is 2.50. The summed E-state index contributed by atoms with van der Waals surface area (Å²) < 4.78 is 19.2. The van der Waals surface area contributed by atoms with Gasteiger partial charge in [-0.2, -0.15) is 0 Å². The summed E-state index contributed by atoms with van der Waals surface area (Å²) >= 11 is 0. The predicted octanol–water partition coefficient (Wildman–Crippen LogP) is 3.50. The van der Waals surface area contributed by atoms with Crippen LogP contribution in [0.3, 0.4) is 0 Å². The third-order valence-electron chi connectivity index (χ3n) is 4.55. The third kappa shape index (κ3) is 2.37. The van der Waals surface area contributed by atoms with Crippen molar-refractivity contribution in [3.8, 4) is 5.75 Å². The van der Waals surface area contributed by atoms with Crippen molar-refractivity contribution in [3.05, 3.63) is 64.0 Å². The highest BCUT2D eigenvalue weighted by molar-refractivity contribution is 5.94. The number of hydrogen-bond donors (Lipinski definition) is 1. The molecule has 0 saturated carbocycles. The predicted molar refractivity (Wildman–Crippen MR) is 86.9 cm³/mol. The fourth-order valence-corrected chi connectivity index (χ4v) is 3.46. The quantitative estimate of drug-likeness (QED) is 0.668. The first-order valence-electron chi connectivity index (χ1n) is 7.71. The monoisotopic (exact) mass is 343 g/mol. The van der Waals surface area contributed by atoms with Crippen molar-refractivity contribution in [2.75, 3.05) is 4.90 Å². The maximum atomic E-state index is 13.2. The van der Waals surface area contributed by atoms with E-state index >= 15 is 0 Å². The van der Waals surface area contributed by atoms with Crippen LogP contribution in [0.4, 0.5) is 20.6 Å². The van der Waals surface area contributed by atoms with Gasteiger partial charge in [0.2, 0.25) is 0 Å². The molecule has 2 bridgehead atoms. The van der Waals surface area contributed by atoms with E-state index in [2.05, 4.69) is 5.32 Å². The van der Waals surface area contributed by atoms with E-state index in [1.165, 1.54) is 47.4 Å². The Bertz CT molecular complexity index is 886. The molecule has 0 unspecified atom stereocenters. The minimum absolute atomic E-state index is 0.0545. The molecule has 0 aromatic heterocycles. The minimum Gasteiger partial charge on any atom is -0.467 e. The summed E-state index contributed by atoms with van der Waals surface area (Å²) in [6, 6.07) is 9.11. The average molecular weight is 343 g/mol. The van der Waals surface area contributed by atoms with Gasteiger partial charge in [0.15, 0.2) is 5.72 Å². The number of nitrogens with zero attached hydrogens (tertiary/aromatic N) is 2. The Hall–Kier alpha value is -3.16. The summed E-state index contributed by atoms with van der Waals surface area (Å²) in [5, 5.41) is 13.8. The number of non-ortho nitro benzene ring substituents is 1. The van der Waals surface area contributed by atoms with Crippen LogP contribution in [0.1, 0.15) is 24.9 Å². The molecule has 0 radical (unpaired) electrons. The second kappa shape index (κ2) is 5.17. The molecule has 2 aromatic rings. The first-order chi connectivity index (χ1) is 11.9. The van der Waals surface area contributed by atoms with Crippen LogP contribution in [0.2, 0.25) is 0 Å². The largest absolute Gasteiger partial charge is 0.467 e. The number of carbonyl (C=O) groups excluding carboxylic acids is 1. The van der Waals surface area contributed by atoms with Gasteiger partial charge in [0.1, 0.15) is 11.6 Å². The number of fused-ring (bicyclic) bond motifs is 4. The summed E-state index contributed by atoms with van der Waals surface area (Å²) in [7, 11) is 0. The van der Waals surface area contributed by atoms with Gasteiger partial charge in [0.05, 0.1) is 11.0 Å². The highest BCUT2D eigenvalue weighted by atomic mass is 19.1. The number of nitrogens with one attached hydrogen (secondary N) is 1. The molecule has 4 rings (SSSR count). The maximum absolute atomic E-state index is 13.2. The van der Waals surface area contributed by atoms with Crippen molar-refractivity contribution in [2.45, 2.75) is 25.1 Å². The smallest absolute Gasteiger partial charge is 0.325 e. The number of nitro groups is 1. The lowest BCUT2D eigenvalue weighted by Crippen LogP contribution is -2.65. The van der Waals surface area contributed by atoms with E-state index in [-0.39, 0.29) is 5.69 Å². The van der Waals surface area contributed by atoms with E-state index in [9.17, 15) is 19.3 Å². The molecule has 8 heteroatoms. The average Bonchev–Trinajstić information content (AvgIpc) is 2.55. The number of nitro benzene ring substituents is 1. The molecule has 2 amide bonds. The number of hydrogen-bond acceptors (Lipinski definition) is 4. The number of amides is 2. The lowest BCUT2D eigenvalue weighted by molar-refractivity contribution is -0.385. The van der Waals surface area contributed by atoms with Gasteiger partial charge in [-0.15, -0.1) is 0 Å². The second-order valence-electron chi connectivity index (χ2n) is 6.27. The van der Waals surface area contributed by atoms with Gasteiger partial charge in [-0.3, -0.25) is 15.0 Å². The third-order valence-corrected chi connectivity index (χ3v) is 4.55. The van der Waals surface area contributed by atoms with E-state index in [1.54, 1.807) is 6.92 Å². The standard InChI is InChI=1S/C17H14FN3O4/c1-17-9-14(13-8-12(21(23)24)6-7-15(13)25-17)19-16(22)20(17)11-4-2-10(18)3-5-11/h2-8,14H,9H2,1H3,(H,19,22)/t14-,17-/m1/s1. The van der Waals surface area contributed by atoms with Gasteiger partial charge in [-0.05, 0) is 37.3 Å². The zero-order valence-corrected chi connectivity index (χ0v) is 13.2. The number of urea groups is 1. The summed E-state index contributed by atoms with van der Waals surface area (Å²) in [6.45, 7) is 1.77. The molecule has 2 aromatic carbocycles. The fourth-order valence-electron chi connectivity index (χ4n) is 3.46. The Morgan fingerprint density at radius 1 is 1.32 bits per heavy atom. The molecule has 2 aliphatic rings. The molecule has 25 heavy (non-hydrogen) atoms. The van der Waals surface area contributed by atoms with E-state index in [0.29, 0.717) is 23.4 Å². The molecule has 7 nitrogen and oxygen atoms in total. The summed E-state index contributed by atoms with van der Waals surface area (Å²) in [6.07, 6.45) is 0.407. The zero-order valence-electron chi connectivity index (χ0n) is 13.2. The number of rotatable bonds is 2. The van der Waals surface area contributed by atoms with Crippen LogP contribution in [0.15, 0.2) is 42.5 Å². The van der Waals surface area contributed by atoms with Gasteiger partial charge in [0.25, 0.3) is 5.69 Å². The molecule has 0 aliphatic carbocycles. The van der Waals surface area contributed by atoms with E-state index < -0.39 is 28.5 Å². The van der Waals surface area contributed by atoms with Crippen LogP contribution >= 0.6 is 0 Å². The maximum Gasteiger partial charge on any atom is 0.325 e. The van der Waals surface area contributed by atoms with Crippen molar-refractivity contribution >= 4 is 17.4 Å². The summed E-state index contributed by atoms with van der Waals surface area (Å²) in [4.78, 5) is 24.6. The Balaban J connectivity index is 1.77. The molecule has 2 heterocycles. The Morgan fingerprint density at radius 2 is 2.04 bits per heavy atom. The number of ether oxygens (including phenoxy) is 1.